The van der Waals surface area contributed by atoms with Gasteiger partial charge in [0.2, 0.25) is 0 Å². The Bertz CT molecular complexity index is 925. The second-order valence-electron chi connectivity index (χ2n) is 5.74. The van der Waals surface area contributed by atoms with Crippen molar-refractivity contribution in [2.24, 2.45) is 5.73 Å². The Kier molecular flexibility index (Phi) is 7.65. The van der Waals surface area contributed by atoms with Crippen LogP contribution in [0.3, 0.4) is 0 Å². The van der Waals surface area contributed by atoms with E-state index in [4.69, 9.17) is 17.0 Å². The number of benzene rings is 1. The summed E-state index contributed by atoms with van der Waals surface area (Å²) in [4.78, 5) is 23.8. The van der Waals surface area contributed by atoms with Crippen LogP contribution < -0.4 is 16.4 Å². The van der Waals surface area contributed by atoms with Gasteiger partial charge in [-0.05, 0) is 25.1 Å². The predicted octanol–water partition coefficient (Wildman–Crippen LogP) is 4.02. The summed E-state index contributed by atoms with van der Waals surface area (Å²) in [5.74, 6) is -8.92. The molecule has 0 spiro atoms. The number of anilines is 1. The maximum Gasteiger partial charge on any atom is 0.459 e. The van der Waals surface area contributed by atoms with Gasteiger partial charge in [-0.3, -0.25) is 15.0 Å². The lowest BCUT2D eigenvalue weighted by atomic mass is 10.0. The van der Waals surface area contributed by atoms with Crippen LogP contribution in [0, 0.1) is 5.41 Å². The average molecular weight is 481 g/mol. The van der Waals surface area contributed by atoms with Crippen LogP contribution in [0.15, 0.2) is 29.5 Å². The molecule has 172 valence electrons. The van der Waals surface area contributed by atoms with Gasteiger partial charge in [-0.25, -0.2) is 0 Å². The monoisotopic (exact) mass is 480 g/mol. The molecule has 6 nitrogen and oxygen atoms in total. The summed E-state index contributed by atoms with van der Waals surface area (Å²) in [5.41, 5.74) is -4.55. The Labute approximate surface area is 173 Å². The number of carbonyl (C=O) groups is 2. The molecule has 0 heterocycles. The van der Waals surface area contributed by atoms with E-state index in [0.717, 1.165) is 18.2 Å². The highest BCUT2D eigenvalue weighted by Crippen LogP contribution is 2.43. The number of alkyl halides is 8. The normalized spacial score (nSPS) is 13.4. The average Bonchev–Trinajstić information content (AvgIpc) is 2.61. The van der Waals surface area contributed by atoms with E-state index >= 15 is 0 Å². The third-order valence-electron chi connectivity index (χ3n) is 3.53. The van der Waals surface area contributed by atoms with Crippen LogP contribution in [0.2, 0.25) is 5.02 Å². The van der Waals surface area contributed by atoms with Crippen LogP contribution in [-0.4, -0.2) is 42.3 Å². The molecule has 1 aromatic rings. The van der Waals surface area contributed by atoms with Gasteiger partial charge in [0.15, 0.2) is 0 Å². The minimum Gasteiger partial charge on any atom is -0.396 e. The molecular formula is C16H13ClF8N4O2. The van der Waals surface area contributed by atoms with E-state index in [-0.39, 0.29) is 17.1 Å². The zero-order valence-electron chi connectivity index (χ0n) is 15.2. The predicted molar refractivity (Wildman–Crippen MR) is 94.1 cm³/mol. The Hall–Kier alpha value is -2.90. The highest BCUT2D eigenvalue weighted by Gasteiger charge is 2.62. The highest BCUT2D eigenvalue weighted by atomic mass is 35.5. The van der Waals surface area contributed by atoms with Gasteiger partial charge >= 0.3 is 18.3 Å². The number of allylic oxidation sites excluding steroid dienone is 1. The van der Waals surface area contributed by atoms with Crippen molar-refractivity contribution in [1.29, 1.82) is 5.41 Å². The van der Waals surface area contributed by atoms with Gasteiger partial charge in [0.05, 0.1) is 10.6 Å². The van der Waals surface area contributed by atoms with Crippen LogP contribution in [-0.2, 0) is 4.79 Å². The second-order valence-corrected chi connectivity index (χ2v) is 6.15. The van der Waals surface area contributed by atoms with Crippen molar-refractivity contribution >= 4 is 34.8 Å². The van der Waals surface area contributed by atoms with Crippen molar-refractivity contribution in [3.63, 3.8) is 0 Å². The van der Waals surface area contributed by atoms with Crippen LogP contribution in [0.5, 0.6) is 0 Å². The largest absolute Gasteiger partial charge is 0.459 e. The fourth-order valence-electron chi connectivity index (χ4n) is 2.08. The lowest BCUT2D eigenvalue weighted by molar-refractivity contribution is -0.265. The molecule has 15 heteroatoms. The molecule has 0 aliphatic heterocycles. The van der Waals surface area contributed by atoms with Crippen LogP contribution in [0.4, 0.5) is 40.8 Å². The number of nitrogens with one attached hydrogen (secondary N) is 3. The molecule has 2 amide bonds. The maximum absolute atomic E-state index is 13.3. The molecule has 0 aliphatic carbocycles. The minimum atomic E-state index is -6.51. The van der Waals surface area contributed by atoms with Crippen molar-refractivity contribution in [2.45, 2.75) is 25.2 Å². The molecule has 0 bridgehead atoms. The number of carbonyl (C=O) groups excluding carboxylic acids is 2. The van der Waals surface area contributed by atoms with Gasteiger partial charge in [0, 0.05) is 12.2 Å². The van der Waals surface area contributed by atoms with Crippen LogP contribution in [0.1, 0.15) is 17.3 Å². The van der Waals surface area contributed by atoms with Crippen molar-refractivity contribution in [3.8, 4) is 0 Å². The fourth-order valence-corrected chi connectivity index (χ4v) is 2.28. The third kappa shape index (κ3) is 5.83. The number of halogens is 9. The van der Waals surface area contributed by atoms with Gasteiger partial charge in [-0.2, -0.15) is 35.1 Å². The summed E-state index contributed by atoms with van der Waals surface area (Å²) in [5, 5.41) is 11.2. The van der Waals surface area contributed by atoms with E-state index in [9.17, 15) is 44.7 Å². The molecule has 0 fully saturated rings. The summed E-state index contributed by atoms with van der Waals surface area (Å²) in [6.45, 7) is 1.73. The lowest BCUT2D eigenvalue weighted by Gasteiger charge is -2.24. The van der Waals surface area contributed by atoms with Gasteiger partial charge in [-0.1, -0.05) is 11.6 Å². The Morgan fingerprint density at radius 2 is 1.65 bits per heavy atom. The zero-order chi connectivity index (χ0) is 24.4. The molecule has 0 saturated carbocycles. The molecule has 0 aliphatic rings. The summed E-state index contributed by atoms with van der Waals surface area (Å²) < 4.78 is 103. The molecule has 0 atom stereocenters. The first-order chi connectivity index (χ1) is 13.9. The summed E-state index contributed by atoms with van der Waals surface area (Å²) in [7, 11) is 0. The van der Waals surface area contributed by atoms with Gasteiger partial charge in [0.25, 0.3) is 11.8 Å². The standard InChI is InChI=1S/C16H13ClF8N4O2/c1-2-28-12(30)7-5-6(3-4-8(7)17)29-13(31)10(26)9(15(20,21)22)11(27)14(18,19)16(23,24)25/h3-5,26H,2,27H2,1H3,(H,28,30)(H,29,31). The Morgan fingerprint density at radius 1 is 1.10 bits per heavy atom. The molecule has 0 radical (unpaired) electrons. The van der Waals surface area contributed by atoms with Crippen LogP contribution >= 0.6 is 11.6 Å². The first-order valence-corrected chi connectivity index (χ1v) is 8.32. The summed E-state index contributed by atoms with van der Waals surface area (Å²) in [6, 6.07) is 2.93. The highest BCUT2D eigenvalue weighted by molar-refractivity contribution is 6.48. The Balaban J connectivity index is 3.37. The Morgan fingerprint density at radius 3 is 2.10 bits per heavy atom. The van der Waals surface area contributed by atoms with E-state index in [2.05, 4.69) is 11.1 Å². The summed E-state index contributed by atoms with van der Waals surface area (Å²) >= 11 is 5.79. The van der Waals surface area contributed by atoms with Gasteiger partial charge < -0.3 is 16.4 Å². The second kappa shape index (κ2) is 9.08. The van der Waals surface area contributed by atoms with E-state index in [1.165, 1.54) is 0 Å². The number of rotatable bonds is 6. The number of hydrogen-bond donors (Lipinski definition) is 4. The lowest BCUT2D eigenvalue weighted by Crippen LogP contribution is -2.45. The zero-order valence-corrected chi connectivity index (χ0v) is 16.0. The summed E-state index contributed by atoms with van der Waals surface area (Å²) in [6.07, 6.45) is -12.5. The third-order valence-corrected chi connectivity index (χ3v) is 3.86. The van der Waals surface area contributed by atoms with E-state index in [1.807, 2.05) is 0 Å². The smallest absolute Gasteiger partial charge is 0.396 e. The molecular weight excluding hydrogens is 468 g/mol. The molecule has 31 heavy (non-hydrogen) atoms. The number of amides is 2. The van der Waals surface area contributed by atoms with E-state index in [0.29, 0.717) is 0 Å². The molecule has 0 saturated heterocycles. The van der Waals surface area contributed by atoms with Crippen molar-refractivity contribution < 1.29 is 44.7 Å². The molecule has 1 rings (SSSR count). The molecule has 1 aromatic carbocycles. The first kappa shape index (κ1) is 26.1. The molecule has 0 unspecified atom stereocenters. The molecule has 0 aromatic heterocycles. The molecule has 5 N–H and O–H groups in total. The fraction of sp³-hybridized carbons (Fsp3) is 0.312. The van der Waals surface area contributed by atoms with Crippen molar-refractivity contribution in [1.82, 2.24) is 5.32 Å². The SMILES string of the molecule is CCNC(=O)c1cc(NC(=O)C(=N)C(=C(N)C(F)(F)C(F)(F)F)C(F)(F)F)ccc1Cl. The number of hydrogen-bond acceptors (Lipinski definition) is 4. The van der Waals surface area contributed by atoms with Gasteiger partial charge in [-0.15, -0.1) is 0 Å². The topological polar surface area (TPSA) is 108 Å². The van der Waals surface area contributed by atoms with E-state index in [1.54, 1.807) is 12.2 Å². The first-order valence-electron chi connectivity index (χ1n) is 7.95. The van der Waals surface area contributed by atoms with Gasteiger partial charge in [0.1, 0.15) is 17.0 Å². The van der Waals surface area contributed by atoms with Crippen molar-refractivity contribution in [2.75, 3.05) is 11.9 Å². The number of nitrogens with two attached hydrogens (primary N) is 1. The quantitative estimate of drug-likeness (QED) is 0.365. The maximum atomic E-state index is 13.3. The van der Waals surface area contributed by atoms with Crippen LogP contribution in [0.25, 0.3) is 0 Å². The minimum absolute atomic E-state index is 0.121. The van der Waals surface area contributed by atoms with E-state index < -0.39 is 52.8 Å². The van der Waals surface area contributed by atoms with Crippen molar-refractivity contribution in [3.05, 3.63) is 40.1 Å².